The fraction of sp³-hybridized carbons (Fsp3) is 1.00. The standard InChI is InChI=1S/CH3NOPS/c1-4(3)2-5/h1H3/q+1. The van der Waals surface area contributed by atoms with E-state index in [2.05, 4.69) is 16.6 Å². The number of hydrogen-bond acceptors (Lipinski definition) is 2. The normalized spacial score (nSPS) is 10.2. The van der Waals surface area contributed by atoms with Crippen LogP contribution >= 0.6 is 7.95 Å². The highest BCUT2D eigenvalue weighted by atomic mass is 32.1. The lowest BCUT2D eigenvalue weighted by Gasteiger charge is -1.40. The van der Waals surface area contributed by atoms with Gasteiger partial charge < -0.3 is 0 Å². The SMILES string of the molecule is C[P+](=O)N=S. The van der Waals surface area contributed by atoms with Crippen LogP contribution in [-0.4, -0.2) is 6.66 Å². The number of rotatable bonds is 1. The van der Waals surface area contributed by atoms with Gasteiger partial charge in [-0.2, -0.15) is 0 Å². The summed E-state index contributed by atoms with van der Waals surface area (Å²) in [6, 6.07) is 0. The molecular weight excluding hydrogens is 105 g/mol. The maximum atomic E-state index is 9.69. The molecule has 0 radical (unpaired) electrons. The molecule has 5 heavy (non-hydrogen) atoms. The van der Waals surface area contributed by atoms with Crippen LogP contribution in [0.1, 0.15) is 0 Å². The van der Waals surface area contributed by atoms with E-state index in [1.165, 1.54) is 6.66 Å². The average Bonchev–Trinajstić information content (AvgIpc) is 1.38. The highest BCUT2D eigenvalue weighted by Crippen LogP contribution is 2.11. The lowest BCUT2D eigenvalue weighted by atomic mass is 12.0. The summed E-state index contributed by atoms with van der Waals surface area (Å²) in [6.45, 7) is 1.46. The summed E-state index contributed by atoms with van der Waals surface area (Å²) in [7, 11) is -1.41. The van der Waals surface area contributed by atoms with Crippen LogP contribution in [0.5, 0.6) is 0 Å². The van der Waals surface area contributed by atoms with Crippen molar-refractivity contribution in [1.82, 2.24) is 0 Å². The largest absolute Gasteiger partial charge is 0.493 e. The summed E-state index contributed by atoms with van der Waals surface area (Å²) >= 11 is 4.02. The van der Waals surface area contributed by atoms with Crippen LogP contribution in [0.2, 0.25) is 0 Å². The second-order valence-electron chi connectivity index (χ2n) is 0.546. The average molecular weight is 108 g/mol. The van der Waals surface area contributed by atoms with Gasteiger partial charge in [-0.1, -0.05) is 0 Å². The van der Waals surface area contributed by atoms with Gasteiger partial charge in [0.2, 0.25) is 0 Å². The zero-order chi connectivity index (χ0) is 4.28. The van der Waals surface area contributed by atoms with Crippen molar-refractivity contribution < 1.29 is 4.57 Å². The first-order valence-corrected chi connectivity index (χ1v) is 3.04. The Balaban J connectivity index is 3.20. The molecule has 0 saturated heterocycles. The van der Waals surface area contributed by atoms with E-state index in [4.69, 9.17) is 0 Å². The Morgan fingerprint density at radius 1 is 2.00 bits per heavy atom. The molecule has 0 fully saturated rings. The molecule has 0 aliphatic heterocycles. The topological polar surface area (TPSA) is 29.4 Å². The predicted molar refractivity (Wildman–Crippen MR) is 23.3 cm³/mol. The van der Waals surface area contributed by atoms with Crippen LogP contribution in [0.25, 0.3) is 0 Å². The second-order valence-corrected chi connectivity index (χ2v) is 2.13. The van der Waals surface area contributed by atoms with E-state index in [0.717, 1.165) is 0 Å². The first-order valence-electron chi connectivity index (χ1n) is 1.01. The monoisotopic (exact) mass is 108 g/mol. The summed E-state index contributed by atoms with van der Waals surface area (Å²) in [6.07, 6.45) is 0. The first kappa shape index (κ1) is 5.12. The van der Waals surface area contributed by atoms with E-state index in [9.17, 15) is 4.57 Å². The van der Waals surface area contributed by atoms with Crippen LogP contribution in [0.15, 0.2) is 4.13 Å². The van der Waals surface area contributed by atoms with Gasteiger partial charge in [-0.15, -0.1) is 0 Å². The molecule has 4 heteroatoms. The van der Waals surface area contributed by atoms with Crippen LogP contribution in [0.3, 0.4) is 0 Å². The molecule has 0 aliphatic rings. The van der Waals surface area contributed by atoms with E-state index in [1.807, 2.05) is 0 Å². The summed E-state index contributed by atoms with van der Waals surface area (Å²) in [5.74, 6) is 0. The fourth-order valence-corrected chi connectivity index (χ4v) is 0. The fourth-order valence-electron chi connectivity index (χ4n) is 0. The maximum absolute atomic E-state index is 9.69. The van der Waals surface area contributed by atoms with E-state index in [-0.39, 0.29) is 0 Å². The molecule has 0 rings (SSSR count). The van der Waals surface area contributed by atoms with Crippen molar-refractivity contribution in [2.45, 2.75) is 0 Å². The Kier molecular flexibility index (Phi) is 2.42. The minimum atomic E-state index is -1.41. The van der Waals surface area contributed by atoms with Crippen molar-refractivity contribution >= 4 is 20.4 Å². The van der Waals surface area contributed by atoms with Gasteiger partial charge in [0.05, 0.1) is 12.4 Å². The van der Waals surface area contributed by atoms with E-state index >= 15 is 0 Å². The number of nitrogens with zero attached hydrogens (tertiary/aromatic N) is 1. The van der Waals surface area contributed by atoms with Crippen LogP contribution in [-0.2, 0) is 17.0 Å². The third kappa shape index (κ3) is 4.12. The molecule has 0 N–H and O–H groups in total. The summed E-state index contributed by atoms with van der Waals surface area (Å²) in [5, 5.41) is 0. The molecule has 0 amide bonds. The zero-order valence-corrected chi connectivity index (χ0v) is 4.42. The van der Waals surface area contributed by atoms with E-state index in [0.29, 0.717) is 0 Å². The smallest absolute Gasteiger partial charge is 0.0408 e. The highest BCUT2D eigenvalue weighted by Gasteiger charge is 1.93. The van der Waals surface area contributed by atoms with Gasteiger partial charge in [0.15, 0.2) is 6.66 Å². The lowest BCUT2D eigenvalue weighted by Crippen LogP contribution is -1.33. The Morgan fingerprint density at radius 2 is 2.20 bits per heavy atom. The van der Waals surface area contributed by atoms with Crippen LogP contribution < -0.4 is 0 Å². The zero-order valence-electron chi connectivity index (χ0n) is 2.71. The Labute approximate surface area is 36.6 Å². The molecule has 0 saturated carbocycles. The molecule has 0 heterocycles. The van der Waals surface area contributed by atoms with Gasteiger partial charge in [0.25, 0.3) is 0 Å². The molecule has 2 nitrogen and oxygen atoms in total. The van der Waals surface area contributed by atoms with Crippen molar-refractivity contribution in [2.75, 3.05) is 6.66 Å². The van der Waals surface area contributed by atoms with Crippen LogP contribution in [0.4, 0.5) is 0 Å². The van der Waals surface area contributed by atoms with Crippen molar-refractivity contribution in [2.24, 2.45) is 4.13 Å². The Bertz CT molecular complexity index is 62.7. The summed E-state index contributed by atoms with van der Waals surface area (Å²) in [4.78, 5) is 0. The van der Waals surface area contributed by atoms with E-state index < -0.39 is 7.95 Å². The minimum Gasteiger partial charge on any atom is -0.0408 e. The first-order chi connectivity index (χ1) is 2.27. The van der Waals surface area contributed by atoms with Gasteiger partial charge in [-0.3, -0.25) is 0 Å². The molecule has 1 unspecified atom stereocenters. The van der Waals surface area contributed by atoms with Gasteiger partial charge >= 0.3 is 7.95 Å². The highest BCUT2D eigenvalue weighted by molar-refractivity contribution is 7.57. The summed E-state index contributed by atoms with van der Waals surface area (Å²) in [5.41, 5.74) is 0. The van der Waals surface area contributed by atoms with Crippen LogP contribution in [0, 0.1) is 0 Å². The molecule has 0 aromatic heterocycles. The van der Waals surface area contributed by atoms with Crippen molar-refractivity contribution in [3.8, 4) is 0 Å². The third-order valence-corrected chi connectivity index (χ3v) is 1.03. The van der Waals surface area contributed by atoms with Gasteiger partial charge in [-0.05, 0) is 4.57 Å². The number of hydrogen-bond donors (Lipinski definition) is 0. The summed E-state index contributed by atoms with van der Waals surface area (Å²) < 4.78 is 12.7. The van der Waals surface area contributed by atoms with Crippen molar-refractivity contribution in [3.05, 3.63) is 0 Å². The van der Waals surface area contributed by atoms with Crippen molar-refractivity contribution in [3.63, 3.8) is 0 Å². The molecule has 28 valence electrons. The molecule has 0 bridgehead atoms. The van der Waals surface area contributed by atoms with Gasteiger partial charge in [0.1, 0.15) is 0 Å². The Morgan fingerprint density at radius 3 is 2.20 bits per heavy atom. The van der Waals surface area contributed by atoms with Crippen molar-refractivity contribution in [1.29, 1.82) is 0 Å². The molecular formula is CH3NOPS+. The quantitative estimate of drug-likeness (QED) is 0.470. The predicted octanol–water partition coefficient (Wildman–Crippen LogP) is 1.09. The maximum Gasteiger partial charge on any atom is 0.493 e. The molecule has 1 atom stereocenters. The molecule has 0 aromatic rings. The molecule has 0 spiro atoms. The van der Waals surface area contributed by atoms with E-state index in [1.54, 1.807) is 0 Å². The van der Waals surface area contributed by atoms with Gasteiger partial charge in [-0.25, -0.2) is 0 Å². The Hall–Kier alpha value is 0.120. The second kappa shape index (κ2) is 2.36. The lowest BCUT2D eigenvalue weighted by molar-refractivity contribution is 0.592. The molecule has 0 aliphatic carbocycles. The molecule has 0 aromatic carbocycles. The van der Waals surface area contributed by atoms with Gasteiger partial charge in [0, 0.05) is 4.13 Å². The third-order valence-electron chi connectivity index (χ3n) is 0.115. The minimum absolute atomic E-state index is 1.41.